The fourth-order valence-corrected chi connectivity index (χ4v) is 1.65. The Morgan fingerprint density at radius 2 is 2.00 bits per heavy atom. The van der Waals surface area contributed by atoms with Crippen molar-refractivity contribution < 1.29 is 9.13 Å². The molecular weight excluding hydrogens is 205 g/mol. The molecule has 1 N–H and O–H groups in total. The Labute approximate surface area is 96.8 Å². The van der Waals surface area contributed by atoms with Gasteiger partial charge in [-0.25, -0.2) is 4.39 Å². The maximum Gasteiger partial charge on any atom is 0.127 e. The van der Waals surface area contributed by atoms with E-state index >= 15 is 0 Å². The maximum atomic E-state index is 13.5. The largest absolute Gasteiger partial charge is 0.497 e. The van der Waals surface area contributed by atoms with Crippen LogP contribution in [0.2, 0.25) is 0 Å². The van der Waals surface area contributed by atoms with E-state index < -0.39 is 0 Å². The van der Waals surface area contributed by atoms with Crippen LogP contribution in [0, 0.1) is 5.82 Å². The van der Waals surface area contributed by atoms with Crippen LogP contribution in [0.3, 0.4) is 0 Å². The number of rotatable bonds is 6. The van der Waals surface area contributed by atoms with E-state index in [4.69, 9.17) is 4.74 Å². The molecule has 0 spiro atoms. The zero-order valence-electron chi connectivity index (χ0n) is 10.2. The second-order valence-electron chi connectivity index (χ2n) is 3.85. The van der Waals surface area contributed by atoms with Crippen LogP contribution in [0.5, 0.6) is 5.75 Å². The molecule has 1 aromatic rings. The van der Waals surface area contributed by atoms with Gasteiger partial charge in [0.25, 0.3) is 0 Å². The molecule has 2 nitrogen and oxygen atoms in total. The van der Waals surface area contributed by atoms with E-state index in [-0.39, 0.29) is 5.82 Å². The molecule has 0 heterocycles. The molecule has 0 saturated carbocycles. The van der Waals surface area contributed by atoms with Crippen molar-refractivity contribution in [3.63, 3.8) is 0 Å². The van der Waals surface area contributed by atoms with E-state index in [9.17, 15) is 4.39 Å². The molecule has 0 aliphatic rings. The van der Waals surface area contributed by atoms with Gasteiger partial charge in [0.2, 0.25) is 0 Å². The smallest absolute Gasteiger partial charge is 0.127 e. The van der Waals surface area contributed by atoms with E-state index in [2.05, 4.69) is 19.2 Å². The lowest BCUT2D eigenvalue weighted by Crippen LogP contribution is -2.27. The molecule has 0 saturated heterocycles. The molecule has 3 heteroatoms. The number of ether oxygens (including phenoxy) is 1. The highest BCUT2D eigenvalue weighted by Crippen LogP contribution is 2.16. The SMILES string of the molecule is CCC(CC)NCc1cc(OC)ccc1F. The van der Waals surface area contributed by atoms with Crippen molar-refractivity contribution >= 4 is 0 Å². The summed E-state index contributed by atoms with van der Waals surface area (Å²) in [5.41, 5.74) is 0.659. The summed E-state index contributed by atoms with van der Waals surface area (Å²) in [4.78, 5) is 0. The molecule has 0 aliphatic heterocycles. The Balaban J connectivity index is 2.65. The van der Waals surface area contributed by atoms with E-state index in [1.165, 1.54) is 6.07 Å². The lowest BCUT2D eigenvalue weighted by atomic mass is 10.1. The number of benzene rings is 1. The number of methoxy groups -OCH3 is 1. The topological polar surface area (TPSA) is 21.3 Å². The fraction of sp³-hybridized carbons (Fsp3) is 0.538. The summed E-state index contributed by atoms with van der Waals surface area (Å²) in [7, 11) is 1.59. The molecule has 0 amide bonds. The van der Waals surface area contributed by atoms with Gasteiger partial charge in [0, 0.05) is 18.2 Å². The van der Waals surface area contributed by atoms with Gasteiger partial charge < -0.3 is 10.1 Å². The molecule has 0 atom stereocenters. The second kappa shape index (κ2) is 6.48. The Bertz CT molecular complexity index is 324. The standard InChI is InChI=1S/C13H20FNO/c1-4-11(5-2)15-9-10-8-12(16-3)6-7-13(10)14/h6-8,11,15H,4-5,9H2,1-3H3. The minimum Gasteiger partial charge on any atom is -0.497 e. The Morgan fingerprint density at radius 3 is 2.56 bits per heavy atom. The molecule has 16 heavy (non-hydrogen) atoms. The summed E-state index contributed by atoms with van der Waals surface area (Å²) in [6.45, 7) is 4.81. The summed E-state index contributed by atoms with van der Waals surface area (Å²) in [6, 6.07) is 5.27. The molecule has 0 aromatic heterocycles. The number of hydrogen-bond acceptors (Lipinski definition) is 2. The highest BCUT2D eigenvalue weighted by molar-refractivity contribution is 5.29. The van der Waals surface area contributed by atoms with Gasteiger partial charge in [0.15, 0.2) is 0 Å². The van der Waals surface area contributed by atoms with Crippen LogP contribution in [0.1, 0.15) is 32.3 Å². The van der Waals surface area contributed by atoms with Crippen molar-refractivity contribution in [2.24, 2.45) is 0 Å². The Morgan fingerprint density at radius 1 is 1.31 bits per heavy atom. The molecular formula is C13H20FNO. The van der Waals surface area contributed by atoms with Crippen molar-refractivity contribution in [2.75, 3.05) is 7.11 Å². The highest BCUT2D eigenvalue weighted by atomic mass is 19.1. The van der Waals surface area contributed by atoms with E-state index in [0.29, 0.717) is 23.9 Å². The third-order valence-corrected chi connectivity index (χ3v) is 2.82. The summed E-state index contributed by atoms with van der Waals surface area (Å²) < 4.78 is 18.5. The summed E-state index contributed by atoms with van der Waals surface area (Å²) in [5.74, 6) is 0.516. The van der Waals surface area contributed by atoms with Crippen LogP contribution in [-0.2, 0) is 6.54 Å². The first-order valence-electron chi connectivity index (χ1n) is 5.77. The van der Waals surface area contributed by atoms with E-state index in [1.807, 2.05) is 0 Å². The van der Waals surface area contributed by atoms with Gasteiger partial charge in [0.05, 0.1) is 7.11 Å². The van der Waals surface area contributed by atoms with Crippen molar-refractivity contribution in [3.05, 3.63) is 29.6 Å². The normalized spacial score (nSPS) is 10.8. The summed E-state index contributed by atoms with van der Waals surface area (Å²) in [6.07, 6.45) is 2.12. The first kappa shape index (κ1) is 13.0. The first-order chi connectivity index (χ1) is 7.71. The average molecular weight is 225 g/mol. The average Bonchev–Trinajstić information content (AvgIpc) is 2.32. The summed E-state index contributed by atoms with van der Waals surface area (Å²) >= 11 is 0. The number of hydrogen-bond donors (Lipinski definition) is 1. The van der Waals surface area contributed by atoms with Gasteiger partial charge in [-0.05, 0) is 31.0 Å². The fourth-order valence-electron chi connectivity index (χ4n) is 1.65. The van der Waals surface area contributed by atoms with Gasteiger partial charge in [-0.1, -0.05) is 13.8 Å². The van der Waals surface area contributed by atoms with Crippen molar-refractivity contribution in [3.8, 4) is 5.75 Å². The molecule has 0 radical (unpaired) electrons. The first-order valence-corrected chi connectivity index (χ1v) is 5.77. The summed E-state index contributed by atoms with van der Waals surface area (Å²) in [5, 5.41) is 3.33. The Hall–Kier alpha value is -1.09. The molecule has 0 bridgehead atoms. The third kappa shape index (κ3) is 3.49. The van der Waals surface area contributed by atoms with Crippen LogP contribution in [0.25, 0.3) is 0 Å². The lowest BCUT2D eigenvalue weighted by Gasteiger charge is -2.15. The quantitative estimate of drug-likeness (QED) is 0.803. The molecule has 1 rings (SSSR count). The van der Waals surface area contributed by atoms with E-state index in [1.54, 1.807) is 19.2 Å². The lowest BCUT2D eigenvalue weighted by molar-refractivity contribution is 0.411. The van der Waals surface area contributed by atoms with Gasteiger partial charge in [-0.3, -0.25) is 0 Å². The minimum absolute atomic E-state index is 0.181. The van der Waals surface area contributed by atoms with Gasteiger partial charge in [-0.15, -0.1) is 0 Å². The highest BCUT2D eigenvalue weighted by Gasteiger charge is 2.07. The van der Waals surface area contributed by atoms with Crippen LogP contribution < -0.4 is 10.1 Å². The zero-order valence-corrected chi connectivity index (χ0v) is 10.2. The van der Waals surface area contributed by atoms with Crippen LogP contribution in [-0.4, -0.2) is 13.2 Å². The van der Waals surface area contributed by atoms with Crippen molar-refractivity contribution in [2.45, 2.75) is 39.3 Å². The van der Waals surface area contributed by atoms with Crippen molar-refractivity contribution in [1.29, 1.82) is 0 Å². The number of nitrogens with one attached hydrogen (secondary N) is 1. The molecule has 0 aliphatic carbocycles. The molecule has 0 fully saturated rings. The molecule has 1 aromatic carbocycles. The third-order valence-electron chi connectivity index (χ3n) is 2.82. The number of halogens is 1. The Kier molecular flexibility index (Phi) is 5.26. The van der Waals surface area contributed by atoms with Crippen LogP contribution in [0.4, 0.5) is 4.39 Å². The predicted molar refractivity (Wildman–Crippen MR) is 64.2 cm³/mol. The molecule has 90 valence electrons. The van der Waals surface area contributed by atoms with Gasteiger partial charge >= 0.3 is 0 Å². The van der Waals surface area contributed by atoms with Gasteiger partial charge in [-0.2, -0.15) is 0 Å². The van der Waals surface area contributed by atoms with Crippen molar-refractivity contribution in [1.82, 2.24) is 5.32 Å². The van der Waals surface area contributed by atoms with Gasteiger partial charge in [0.1, 0.15) is 11.6 Å². The molecule has 0 unspecified atom stereocenters. The van der Waals surface area contributed by atoms with E-state index in [0.717, 1.165) is 12.8 Å². The predicted octanol–water partition coefficient (Wildman–Crippen LogP) is 3.11. The second-order valence-corrected chi connectivity index (χ2v) is 3.85. The monoisotopic (exact) mass is 225 g/mol. The van der Waals surface area contributed by atoms with Crippen LogP contribution in [0.15, 0.2) is 18.2 Å². The maximum absolute atomic E-state index is 13.5. The zero-order chi connectivity index (χ0) is 12.0. The van der Waals surface area contributed by atoms with Crippen LogP contribution >= 0.6 is 0 Å². The minimum atomic E-state index is -0.181.